The fraction of sp³-hybridized carbons (Fsp3) is 0.889. The fourth-order valence-electron chi connectivity index (χ4n) is 1.79. The molecule has 4 nitrogen and oxygen atoms in total. The van der Waals surface area contributed by atoms with Gasteiger partial charge < -0.3 is 15.1 Å². The zero-order chi connectivity index (χ0) is 10.2. The van der Waals surface area contributed by atoms with Gasteiger partial charge in [0.25, 0.3) is 0 Å². The molecule has 1 aliphatic rings. The van der Waals surface area contributed by atoms with E-state index in [1.165, 1.54) is 4.90 Å². The van der Waals surface area contributed by atoms with Crippen molar-refractivity contribution in [2.75, 3.05) is 14.1 Å². The van der Waals surface area contributed by atoms with Crippen LogP contribution in [0.3, 0.4) is 0 Å². The van der Waals surface area contributed by atoms with Crippen LogP contribution < -0.4 is 0 Å². The third-order valence-electron chi connectivity index (χ3n) is 2.68. The first-order chi connectivity index (χ1) is 5.84. The Morgan fingerprint density at radius 2 is 2.08 bits per heavy atom. The first-order valence-electron chi connectivity index (χ1n) is 4.46. The molecule has 2 N–H and O–H groups in total. The maximum absolute atomic E-state index is 11.5. The average Bonchev–Trinajstić information content (AvgIpc) is 2.25. The van der Waals surface area contributed by atoms with E-state index >= 15 is 0 Å². The van der Waals surface area contributed by atoms with E-state index in [-0.39, 0.29) is 11.8 Å². The minimum absolute atomic E-state index is 0.0168. The molecule has 0 spiro atoms. The minimum atomic E-state index is -1.10. The molecule has 4 heteroatoms. The standard InChI is InChI=1S/C9H17NO3/c1-9(13)5-6(4-7(9)11)8(12)10(2)3/h6-7,11,13H,4-5H2,1-3H3/t6-,7+,9+/m1/s1. The Kier molecular flexibility index (Phi) is 2.63. The van der Waals surface area contributed by atoms with Crippen LogP contribution in [-0.2, 0) is 4.79 Å². The lowest BCUT2D eigenvalue weighted by Crippen LogP contribution is -2.33. The van der Waals surface area contributed by atoms with Crippen molar-refractivity contribution in [2.45, 2.75) is 31.5 Å². The Bertz CT molecular complexity index is 213. The maximum atomic E-state index is 11.5. The predicted octanol–water partition coefficient (Wildman–Crippen LogP) is -0.404. The quantitative estimate of drug-likeness (QED) is 0.587. The molecule has 0 heterocycles. The number of aliphatic hydroxyl groups excluding tert-OH is 1. The summed E-state index contributed by atoms with van der Waals surface area (Å²) in [5.74, 6) is -0.253. The van der Waals surface area contributed by atoms with Crippen LogP contribution in [0.1, 0.15) is 19.8 Å². The molecule has 0 aromatic carbocycles. The highest BCUT2D eigenvalue weighted by atomic mass is 16.3. The van der Waals surface area contributed by atoms with Crippen LogP contribution in [0.5, 0.6) is 0 Å². The Morgan fingerprint density at radius 1 is 1.54 bits per heavy atom. The Morgan fingerprint density at radius 3 is 2.38 bits per heavy atom. The maximum Gasteiger partial charge on any atom is 0.225 e. The molecule has 3 atom stereocenters. The van der Waals surface area contributed by atoms with Crippen LogP contribution in [-0.4, -0.2) is 46.8 Å². The largest absolute Gasteiger partial charge is 0.390 e. The van der Waals surface area contributed by atoms with Crippen molar-refractivity contribution in [1.82, 2.24) is 4.90 Å². The predicted molar refractivity (Wildman–Crippen MR) is 48.0 cm³/mol. The van der Waals surface area contributed by atoms with Gasteiger partial charge in [-0.05, 0) is 19.8 Å². The molecule has 0 aromatic rings. The molecule has 0 unspecified atom stereocenters. The number of amides is 1. The van der Waals surface area contributed by atoms with Crippen molar-refractivity contribution >= 4 is 5.91 Å². The highest BCUT2D eigenvalue weighted by Gasteiger charge is 2.44. The summed E-state index contributed by atoms with van der Waals surface area (Å²) in [7, 11) is 3.36. The van der Waals surface area contributed by atoms with Crippen molar-refractivity contribution in [1.29, 1.82) is 0 Å². The third kappa shape index (κ3) is 2.00. The molecule has 1 aliphatic carbocycles. The molecule has 0 aromatic heterocycles. The topological polar surface area (TPSA) is 60.8 Å². The lowest BCUT2D eigenvalue weighted by atomic mass is 10.0. The van der Waals surface area contributed by atoms with Gasteiger partial charge in [0.1, 0.15) is 0 Å². The first-order valence-corrected chi connectivity index (χ1v) is 4.46. The summed E-state index contributed by atoms with van der Waals surface area (Å²) in [5.41, 5.74) is -1.10. The van der Waals surface area contributed by atoms with Gasteiger partial charge in [-0.3, -0.25) is 4.79 Å². The minimum Gasteiger partial charge on any atom is -0.390 e. The van der Waals surface area contributed by atoms with E-state index in [1.54, 1.807) is 21.0 Å². The number of hydrogen-bond donors (Lipinski definition) is 2. The SMILES string of the molecule is CN(C)C(=O)[C@@H]1C[C@H](O)[C@@](C)(O)C1. The molecule has 0 radical (unpaired) electrons. The molecule has 1 saturated carbocycles. The van der Waals surface area contributed by atoms with Crippen molar-refractivity contribution in [2.24, 2.45) is 5.92 Å². The molecule has 0 aliphatic heterocycles. The zero-order valence-electron chi connectivity index (χ0n) is 8.32. The van der Waals surface area contributed by atoms with E-state index in [2.05, 4.69) is 0 Å². The van der Waals surface area contributed by atoms with E-state index < -0.39 is 11.7 Å². The molecule has 0 saturated heterocycles. The van der Waals surface area contributed by atoms with Crippen LogP contribution in [0.4, 0.5) is 0 Å². The van der Waals surface area contributed by atoms with E-state index in [0.717, 1.165) is 0 Å². The molecule has 0 bridgehead atoms. The van der Waals surface area contributed by atoms with Gasteiger partial charge in [-0.2, -0.15) is 0 Å². The van der Waals surface area contributed by atoms with Crippen LogP contribution in [0, 0.1) is 5.92 Å². The summed E-state index contributed by atoms with van der Waals surface area (Å²) in [5, 5.41) is 19.1. The normalized spacial score (nSPS) is 39.2. The summed E-state index contributed by atoms with van der Waals surface area (Å²) in [6.07, 6.45) is -0.0590. The Hall–Kier alpha value is -0.610. The highest BCUT2D eigenvalue weighted by molar-refractivity contribution is 5.78. The van der Waals surface area contributed by atoms with Crippen LogP contribution in [0.2, 0.25) is 0 Å². The molecular formula is C9H17NO3. The number of carbonyl (C=O) groups is 1. The lowest BCUT2D eigenvalue weighted by molar-refractivity contribution is -0.133. The molecule has 13 heavy (non-hydrogen) atoms. The van der Waals surface area contributed by atoms with Gasteiger partial charge in [-0.1, -0.05) is 0 Å². The smallest absolute Gasteiger partial charge is 0.225 e. The van der Waals surface area contributed by atoms with E-state index in [1.807, 2.05) is 0 Å². The van der Waals surface area contributed by atoms with Gasteiger partial charge in [0.15, 0.2) is 0 Å². The van der Waals surface area contributed by atoms with Crippen LogP contribution in [0.15, 0.2) is 0 Å². The van der Waals surface area contributed by atoms with Crippen molar-refractivity contribution in [3.8, 4) is 0 Å². The second kappa shape index (κ2) is 3.27. The van der Waals surface area contributed by atoms with Crippen molar-refractivity contribution in [3.05, 3.63) is 0 Å². The summed E-state index contributed by atoms with van der Waals surface area (Å²) in [6, 6.07) is 0. The number of aliphatic hydroxyl groups is 2. The molecule has 1 fully saturated rings. The first kappa shape index (κ1) is 10.5. The molecule has 76 valence electrons. The number of rotatable bonds is 1. The van der Waals surface area contributed by atoms with Gasteiger partial charge in [-0.15, -0.1) is 0 Å². The molecule has 1 rings (SSSR count). The zero-order valence-corrected chi connectivity index (χ0v) is 8.32. The number of nitrogens with zero attached hydrogens (tertiary/aromatic N) is 1. The van der Waals surface area contributed by atoms with Gasteiger partial charge >= 0.3 is 0 Å². The summed E-state index contributed by atoms with van der Waals surface area (Å²) in [6.45, 7) is 1.57. The fourth-order valence-corrected chi connectivity index (χ4v) is 1.79. The van der Waals surface area contributed by atoms with Crippen molar-refractivity contribution in [3.63, 3.8) is 0 Å². The molecular weight excluding hydrogens is 170 g/mol. The monoisotopic (exact) mass is 187 g/mol. The second-order valence-electron chi connectivity index (χ2n) is 4.24. The van der Waals surface area contributed by atoms with Gasteiger partial charge in [0, 0.05) is 20.0 Å². The van der Waals surface area contributed by atoms with E-state index in [0.29, 0.717) is 12.8 Å². The Labute approximate surface area is 78.2 Å². The number of carbonyl (C=O) groups excluding carboxylic acids is 1. The summed E-state index contributed by atoms with van der Waals surface area (Å²) < 4.78 is 0. The van der Waals surface area contributed by atoms with Crippen molar-refractivity contribution < 1.29 is 15.0 Å². The van der Waals surface area contributed by atoms with Gasteiger partial charge in [0.2, 0.25) is 5.91 Å². The molecule has 1 amide bonds. The van der Waals surface area contributed by atoms with Gasteiger partial charge in [-0.25, -0.2) is 0 Å². The van der Waals surface area contributed by atoms with E-state index in [4.69, 9.17) is 0 Å². The lowest BCUT2D eigenvalue weighted by Gasteiger charge is -2.20. The summed E-state index contributed by atoms with van der Waals surface area (Å²) >= 11 is 0. The second-order valence-corrected chi connectivity index (χ2v) is 4.24. The summed E-state index contributed by atoms with van der Waals surface area (Å²) in [4.78, 5) is 13.0. The van der Waals surface area contributed by atoms with E-state index in [9.17, 15) is 15.0 Å². The van der Waals surface area contributed by atoms with Crippen LogP contribution >= 0.6 is 0 Å². The third-order valence-corrected chi connectivity index (χ3v) is 2.68. The van der Waals surface area contributed by atoms with Crippen LogP contribution in [0.25, 0.3) is 0 Å². The number of hydrogen-bond acceptors (Lipinski definition) is 3. The van der Waals surface area contributed by atoms with Gasteiger partial charge in [0.05, 0.1) is 11.7 Å². The average molecular weight is 187 g/mol. The Balaban J connectivity index is 2.64. The highest BCUT2D eigenvalue weighted by Crippen LogP contribution is 2.35.